The van der Waals surface area contributed by atoms with Crippen LogP contribution in [-0.2, 0) is 10.0 Å². The van der Waals surface area contributed by atoms with E-state index in [0.717, 1.165) is 12.8 Å². The first-order valence-corrected chi connectivity index (χ1v) is 8.76. The zero-order chi connectivity index (χ0) is 15.5. The van der Waals surface area contributed by atoms with Gasteiger partial charge < -0.3 is 9.84 Å². The van der Waals surface area contributed by atoms with Gasteiger partial charge in [-0.05, 0) is 31.2 Å². The summed E-state index contributed by atoms with van der Waals surface area (Å²) in [5, 5.41) is 18.0. The fourth-order valence-electron chi connectivity index (χ4n) is 2.57. The predicted octanol–water partition coefficient (Wildman–Crippen LogP) is 0.580. The van der Waals surface area contributed by atoms with Gasteiger partial charge in [0.2, 0.25) is 15.9 Å². The lowest BCUT2D eigenvalue weighted by molar-refractivity contribution is 0.118. The minimum absolute atomic E-state index is 0.132. The van der Waals surface area contributed by atoms with Gasteiger partial charge in [-0.25, -0.2) is 12.7 Å². The van der Waals surface area contributed by atoms with Crippen LogP contribution in [-0.4, -0.2) is 54.5 Å². The first kappa shape index (κ1) is 16.1. The van der Waals surface area contributed by atoms with E-state index in [9.17, 15) is 13.5 Å². The van der Waals surface area contributed by atoms with Crippen molar-refractivity contribution in [1.82, 2.24) is 14.5 Å². The molecule has 1 fully saturated rings. The van der Waals surface area contributed by atoms with Gasteiger partial charge in [-0.3, -0.25) is 0 Å². The summed E-state index contributed by atoms with van der Waals surface area (Å²) in [5.74, 6) is 0.527. The van der Waals surface area contributed by atoms with Gasteiger partial charge in [0, 0.05) is 19.2 Å². The molecule has 0 aliphatic carbocycles. The summed E-state index contributed by atoms with van der Waals surface area (Å²) in [4.78, 5) is 0. The number of rotatable bonds is 5. The summed E-state index contributed by atoms with van der Waals surface area (Å²) in [6.07, 6.45) is 2.69. The van der Waals surface area contributed by atoms with E-state index in [1.165, 1.54) is 17.7 Å². The summed E-state index contributed by atoms with van der Waals surface area (Å²) < 4.78 is 29.6. The highest BCUT2D eigenvalue weighted by Gasteiger charge is 2.28. The summed E-state index contributed by atoms with van der Waals surface area (Å²) in [6.45, 7) is 1.02. The molecule has 0 aromatic carbocycles. The summed E-state index contributed by atoms with van der Waals surface area (Å²) >= 11 is 0. The first-order valence-electron chi connectivity index (χ1n) is 6.91. The SMILES string of the molecule is COc1ccc(C(O)CC2CCCN(S(C)(=O)=O)C2)nn1. The molecule has 0 spiro atoms. The lowest BCUT2D eigenvalue weighted by Crippen LogP contribution is -2.39. The minimum Gasteiger partial charge on any atom is -0.480 e. The maximum Gasteiger partial charge on any atom is 0.233 e. The Bertz CT molecular complexity index is 561. The number of nitrogens with zero attached hydrogens (tertiary/aromatic N) is 3. The molecule has 21 heavy (non-hydrogen) atoms. The van der Waals surface area contributed by atoms with Crippen LogP contribution in [0.4, 0.5) is 0 Å². The second-order valence-electron chi connectivity index (χ2n) is 5.38. The molecule has 1 aliphatic rings. The van der Waals surface area contributed by atoms with Gasteiger partial charge in [0.25, 0.3) is 0 Å². The average Bonchev–Trinajstić information content (AvgIpc) is 2.47. The minimum atomic E-state index is -3.16. The van der Waals surface area contributed by atoms with E-state index in [1.54, 1.807) is 12.1 Å². The van der Waals surface area contributed by atoms with Crippen LogP contribution in [0.5, 0.6) is 5.88 Å². The Balaban J connectivity index is 1.96. The van der Waals surface area contributed by atoms with Crippen LogP contribution < -0.4 is 4.74 Å². The highest BCUT2D eigenvalue weighted by atomic mass is 32.2. The largest absolute Gasteiger partial charge is 0.480 e. The molecular formula is C13H21N3O4S. The fraction of sp³-hybridized carbons (Fsp3) is 0.692. The third-order valence-corrected chi connectivity index (χ3v) is 4.99. The normalized spacial score (nSPS) is 22.0. The van der Waals surface area contributed by atoms with Crippen molar-refractivity contribution in [3.05, 3.63) is 17.8 Å². The van der Waals surface area contributed by atoms with Gasteiger partial charge in [0.15, 0.2) is 0 Å². The van der Waals surface area contributed by atoms with E-state index >= 15 is 0 Å². The van der Waals surface area contributed by atoms with Crippen LogP contribution in [0.1, 0.15) is 31.1 Å². The molecule has 2 unspecified atom stereocenters. The molecule has 7 nitrogen and oxygen atoms in total. The zero-order valence-corrected chi connectivity index (χ0v) is 13.1. The summed E-state index contributed by atoms with van der Waals surface area (Å²) in [7, 11) is -1.66. The number of hydrogen-bond donors (Lipinski definition) is 1. The molecule has 8 heteroatoms. The second kappa shape index (κ2) is 6.67. The Kier molecular flexibility index (Phi) is 5.13. The van der Waals surface area contributed by atoms with Crippen LogP contribution in [0.25, 0.3) is 0 Å². The zero-order valence-electron chi connectivity index (χ0n) is 12.3. The predicted molar refractivity (Wildman–Crippen MR) is 77.3 cm³/mol. The van der Waals surface area contributed by atoms with Crippen molar-refractivity contribution in [2.45, 2.75) is 25.4 Å². The summed E-state index contributed by atoms with van der Waals surface area (Å²) in [5.41, 5.74) is 0.479. The van der Waals surface area contributed by atoms with Gasteiger partial charge in [-0.2, -0.15) is 0 Å². The molecule has 1 aromatic rings. The number of ether oxygens (including phenoxy) is 1. The van der Waals surface area contributed by atoms with Crippen LogP contribution in [0.15, 0.2) is 12.1 Å². The number of sulfonamides is 1. The Morgan fingerprint density at radius 2 is 2.24 bits per heavy atom. The number of aliphatic hydroxyl groups is 1. The quantitative estimate of drug-likeness (QED) is 0.854. The van der Waals surface area contributed by atoms with Crippen molar-refractivity contribution in [2.75, 3.05) is 26.5 Å². The van der Waals surface area contributed by atoms with Gasteiger partial charge in [0.1, 0.15) is 0 Å². The molecule has 1 aromatic heterocycles. The third-order valence-electron chi connectivity index (χ3n) is 3.72. The lowest BCUT2D eigenvalue weighted by Gasteiger charge is -2.31. The van der Waals surface area contributed by atoms with E-state index in [1.807, 2.05) is 0 Å². The molecule has 0 radical (unpaired) electrons. The van der Waals surface area contributed by atoms with E-state index in [-0.39, 0.29) is 5.92 Å². The Labute approximate surface area is 125 Å². The van der Waals surface area contributed by atoms with E-state index in [4.69, 9.17) is 4.74 Å². The maximum atomic E-state index is 11.6. The van der Waals surface area contributed by atoms with Crippen LogP contribution in [0.2, 0.25) is 0 Å². The van der Waals surface area contributed by atoms with Gasteiger partial charge in [0.05, 0.1) is 25.2 Å². The smallest absolute Gasteiger partial charge is 0.233 e. The van der Waals surface area contributed by atoms with Crippen molar-refractivity contribution in [3.63, 3.8) is 0 Å². The van der Waals surface area contributed by atoms with Crippen molar-refractivity contribution in [2.24, 2.45) is 5.92 Å². The number of hydrogen-bond acceptors (Lipinski definition) is 6. The molecule has 2 heterocycles. The molecule has 0 bridgehead atoms. The highest BCUT2D eigenvalue weighted by molar-refractivity contribution is 7.88. The molecule has 118 valence electrons. The van der Waals surface area contributed by atoms with Crippen LogP contribution in [0, 0.1) is 5.92 Å². The lowest BCUT2D eigenvalue weighted by atomic mass is 9.92. The topological polar surface area (TPSA) is 92.6 Å². The maximum absolute atomic E-state index is 11.6. The molecule has 2 rings (SSSR count). The molecule has 1 saturated heterocycles. The molecule has 1 aliphatic heterocycles. The number of methoxy groups -OCH3 is 1. The van der Waals surface area contributed by atoms with Gasteiger partial charge in [-0.1, -0.05) is 0 Å². The molecule has 1 N–H and O–H groups in total. The molecule has 0 amide bonds. The number of aliphatic hydroxyl groups excluding tert-OH is 1. The van der Waals surface area contributed by atoms with Gasteiger partial charge in [-0.15, -0.1) is 10.2 Å². The molecular weight excluding hydrogens is 294 g/mol. The van der Waals surface area contributed by atoms with Gasteiger partial charge >= 0.3 is 0 Å². The Morgan fingerprint density at radius 1 is 1.48 bits per heavy atom. The average molecular weight is 315 g/mol. The van der Waals surface area contributed by atoms with Crippen LogP contribution >= 0.6 is 0 Å². The highest BCUT2D eigenvalue weighted by Crippen LogP contribution is 2.27. The monoisotopic (exact) mass is 315 g/mol. The Morgan fingerprint density at radius 3 is 2.81 bits per heavy atom. The van der Waals surface area contributed by atoms with Crippen molar-refractivity contribution in [1.29, 1.82) is 0 Å². The number of piperidine rings is 1. The summed E-state index contributed by atoms with van der Waals surface area (Å²) in [6, 6.07) is 3.32. The standard InChI is InChI=1S/C13H21N3O4S/c1-20-13-6-5-11(14-15-13)12(17)8-10-4-3-7-16(9-10)21(2,18)19/h5-6,10,12,17H,3-4,7-9H2,1-2H3. The molecule has 0 saturated carbocycles. The Hall–Kier alpha value is -1.25. The first-order chi connectivity index (χ1) is 9.90. The van der Waals surface area contributed by atoms with E-state index < -0.39 is 16.1 Å². The third kappa shape index (κ3) is 4.36. The van der Waals surface area contributed by atoms with E-state index in [0.29, 0.717) is 31.1 Å². The van der Waals surface area contributed by atoms with E-state index in [2.05, 4.69) is 10.2 Å². The van der Waals surface area contributed by atoms with Crippen molar-refractivity contribution in [3.8, 4) is 5.88 Å². The second-order valence-corrected chi connectivity index (χ2v) is 7.36. The molecule has 2 atom stereocenters. The number of aromatic nitrogens is 2. The van der Waals surface area contributed by atoms with Crippen molar-refractivity contribution < 1.29 is 18.3 Å². The van der Waals surface area contributed by atoms with Crippen LogP contribution in [0.3, 0.4) is 0 Å². The fourth-order valence-corrected chi connectivity index (χ4v) is 3.52. The van der Waals surface area contributed by atoms with Crippen molar-refractivity contribution >= 4 is 10.0 Å².